The van der Waals surface area contributed by atoms with Crippen molar-refractivity contribution >= 4 is 16.6 Å². The first-order valence-electron chi connectivity index (χ1n) is 6.97. The largest absolute Gasteiger partial charge is 0.495 e. The van der Waals surface area contributed by atoms with Gasteiger partial charge in [0, 0.05) is 10.9 Å². The SMILES string of the molecule is COc1ccc2ccccc2c1C#CC(=O)c1ccccc1. The van der Waals surface area contributed by atoms with Gasteiger partial charge in [-0.05, 0) is 17.4 Å². The number of methoxy groups -OCH3 is 1. The molecule has 0 saturated heterocycles. The van der Waals surface area contributed by atoms with Crippen molar-refractivity contribution in [3.05, 3.63) is 77.9 Å². The van der Waals surface area contributed by atoms with Gasteiger partial charge in [0.05, 0.1) is 12.7 Å². The number of rotatable bonds is 2. The van der Waals surface area contributed by atoms with Gasteiger partial charge in [0.1, 0.15) is 5.75 Å². The van der Waals surface area contributed by atoms with Crippen LogP contribution >= 0.6 is 0 Å². The van der Waals surface area contributed by atoms with Crippen LogP contribution in [0.4, 0.5) is 0 Å². The molecule has 106 valence electrons. The molecule has 0 aromatic heterocycles. The molecule has 0 radical (unpaired) electrons. The quantitative estimate of drug-likeness (QED) is 0.524. The minimum Gasteiger partial charge on any atom is -0.495 e. The van der Waals surface area contributed by atoms with Gasteiger partial charge >= 0.3 is 0 Å². The summed E-state index contributed by atoms with van der Waals surface area (Å²) < 4.78 is 5.38. The maximum Gasteiger partial charge on any atom is 0.236 e. The van der Waals surface area contributed by atoms with Crippen molar-refractivity contribution in [2.75, 3.05) is 7.11 Å². The van der Waals surface area contributed by atoms with Crippen molar-refractivity contribution < 1.29 is 9.53 Å². The van der Waals surface area contributed by atoms with Crippen LogP contribution in [0.5, 0.6) is 5.75 Å². The Balaban J connectivity index is 2.08. The number of benzene rings is 3. The molecule has 2 heteroatoms. The van der Waals surface area contributed by atoms with Crippen LogP contribution in [-0.2, 0) is 0 Å². The van der Waals surface area contributed by atoms with Crippen LogP contribution in [0, 0.1) is 11.8 Å². The zero-order chi connectivity index (χ0) is 15.4. The average Bonchev–Trinajstić information content (AvgIpc) is 2.60. The molecule has 0 aliphatic carbocycles. The summed E-state index contributed by atoms with van der Waals surface area (Å²) in [5.41, 5.74) is 1.33. The van der Waals surface area contributed by atoms with Crippen molar-refractivity contribution in [1.29, 1.82) is 0 Å². The summed E-state index contributed by atoms with van der Waals surface area (Å²) in [6.45, 7) is 0. The predicted octanol–water partition coefficient (Wildman–Crippen LogP) is 4.08. The number of hydrogen-bond acceptors (Lipinski definition) is 2. The number of ether oxygens (including phenoxy) is 1. The number of ketones is 1. The fraction of sp³-hybridized carbons (Fsp3) is 0.0500. The predicted molar refractivity (Wildman–Crippen MR) is 88.2 cm³/mol. The van der Waals surface area contributed by atoms with E-state index in [1.54, 1.807) is 19.2 Å². The summed E-state index contributed by atoms with van der Waals surface area (Å²) >= 11 is 0. The number of Topliss-reactive ketones (excluding diaryl/α,β-unsaturated/α-hetero) is 1. The van der Waals surface area contributed by atoms with Crippen LogP contribution in [0.15, 0.2) is 66.7 Å². The van der Waals surface area contributed by atoms with Gasteiger partial charge in [0.15, 0.2) is 0 Å². The third-order valence-electron chi connectivity index (χ3n) is 3.45. The zero-order valence-electron chi connectivity index (χ0n) is 12.2. The van der Waals surface area contributed by atoms with E-state index in [0.717, 1.165) is 16.3 Å². The third kappa shape index (κ3) is 2.70. The maximum atomic E-state index is 12.1. The van der Waals surface area contributed by atoms with Gasteiger partial charge in [-0.2, -0.15) is 0 Å². The normalized spacial score (nSPS) is 9.86. The van der Waals surface area contributed by atoms with E-state index >= 15 is 0 Å². The molecule has 3 rings (SSSR count). The summed E-state index contributed by atoms with van der Waals surface area (Å²) in [5, 5.41) is 2.05. The van der Waals surface area contributed by atoms with E-state index in [4.69, 9.17) is 4.74 Å². The lowest BCUT2D eigenvalue weighted by Gasteiger charge is -2.06. The Labute approximate surface area is 129 Å². The van der Waals surface area contributed by atoms with Gasteiger partial charge in [0.25, 0.3) is 0 Å². The second-order valence-electron chi connectivity index (χ2n) is 4.81. The van der Waals surface area contributed by atoms with Gasteiger partial charge < -0.3 is 4.74 Å². The molecule has 0 atom stereocenters. The fourth-order valence-corrected chi connectivity index (χ4v) is 2.33. The highest BCUT2D eigenvalue weighted by Crippen LogP contribution is 2.26. The summed E-state index contributed by atoms with van der Waals surface area (Å²) in [4.78, 5) is 12.1. The first-order valence-corrected chi connectivity index (χ1v) is 6.97. The first-order chi connectivity index (χ1) is 10.8. The van der Waals surface area contributed by atoms with Gasteiger partial charge in [0.2, 0.25) is 5.78 Å². The Bertz CT molecular complexity index is 884. The van der Waals surface area contributed by atoms with Crippen molar-refractivity contribution in [3.63, 3.8) is 0 Å². The molecule has 0 heterocycles. The van der Waals surface area contributed by atoms with Gasteiger partial charge in [-0.1, -0.05) is 66.6 Å². The van der Waals surface area contributed by atoms with Crippen molar-refractivity contribution in [3.8, 4) is 17.6 Å². The molecule has 0 aliphatic rings. The molecule has 0 bridgehead atoms. The van der Waals surface area contributed by atoms with E-state index in [1.807, 2.05) is 54.6 Å². The Morgan fingerprint density at radius 1 is 0.909 bits per heavy atom. The van der Waals surface area contributed by atoms with E-state index in [0.29, 0.717) is 11.3 Å². The van der Waals surface area contributed by atoms with Gasteiger partial charge in [-0.15, -0.1) is 0 Å². The van der Waals surface area contributed by atoms with Crippen LogP contribution in [0.1, 0.15) is 15.9 Å². The van der Waals surface area contributed by atoms with E-state index in [2.05, 4.69) is 11.8 Å². The van der Waals surface area contributed by atoms with Crippen LogP contribution in [-0.4, -0.2) is 12.9 Å². The van der Waals surface area contributed by atoms with Crippen LogP contribution < -0.4 is 4.74 Å². The Morgan fingerprint density at radius 3 is 2.41 bits per heavy atom. The third-order valence-corrected chi connectivity index (χ3v) is 3.45. The molecule has 3 aromatic rings. The zero-order valence-corrected chi connectivity index (χ0v) is 12.2. The highest BCUT2D eigenvalue weighted by atomic mass is 16.5. The summed E-state index contributed by atoms with van der Waals surface area (Å²) in [5.74, 6) is 6.17. The van der Waals surface area contributed by atoms with Gasteiger partial charge in [-0.25, -0.2) is 0 Å². The first kappa shape index (κ1) is 13.9. The highest BCUT2D eigenvalue weighted by molar-refractivity contribution is 6.09. The van der Waals surface area contributed by atoms with Gasteiger partial charge in [-0.3, -0.25) is 4.79 Å². The lowest BCUT2D eigenvalue weighted by molar-refractivity contribution is 0.105. The number of fused-ring (bicyclic) bond motifs is 1. The molecular formula is C20H14O2. The summed E-state index contributed by atoms with van der Waals surface area (Å²) in [6, 6.07) is 20.8. The second kappa shape index (κ2) is 6.15. The van der Waals surface area contributed by atoms with Crippen LogP contribution in [0.25, 0.3) is 10.8 Å². The number of hydrogen-bond donors (Lipinski definition) is 0. The second-order valence-corrected chi connectivity index (χ2v) is 4.81. The lowest BCUT2D eigenvalue weighted by Crippen LogP contribution is -1.95. The number of carbonyl (C=O) groups is 1. The standard InChI is InChI=1S/C20H14O2/c1-22-20-14-11-15-7-5-6-10-17(15)18(20)12-13-19(21)16-8-3-2-4-9-16/h2-11,14H,1H3. The lowest BCUT2D eigenvalue weighted by atomic mass is 10.0. The van der Waals surface area contributed by atoms with Crippen LogP contribution in [0.2, 0.25) is 0 Å². The molecule has 0 unspecified atom stereocenters. The van der Waals surface area contributed by atoms with E-state index < -0.39 is 0 Å². The fourth-order valence-electron chi connectivity index (χ4n) is 2.33. The van der Waals surface area contributed by atoms with Crippen molar-refractivity contribution in [2.45, 2.75) is 0 Å². The Kier molecular flexibility index (Phi) is 3.89. The minimum absolute atomic E-state index is 0.199. The number of carbonyl (C=O) groups excluding carboxylic acids is 1. The van der Waals surface area contributed by atoms with E-state index in [9.17, 15) is 4.79 Å². The molecule has 0 fully saturated rings. The highest BCUT2D eigenvalue weighted by Gasteiger charge is 2.06. The molecular weight excluding hydrogens is 272 g/mol. The summed E-state index contributed by atoms with van der Waals surface area (Å²) in [6.07, 6.45) is 0. The molecule has 3 aromatic carbocycles. The molecule has 0 saturated carbocycles. The van der Waals surface area contributed by atoms with E-state index in [1.165, 1.54) is 0 Å². The maximum absolute atomic E-state index is 12.1. The molecule has 2 nitrogen and oxygen atoms in total. The minimum atomic E-state index is -0.199. The monoisotopic (exact) mass is 286 g/mol. The van der Waals surface area contributed by atoms with Crippen molar-refractivity contribution in [2.24, 2.45) is 0 Å². The van der Waals surface area contributed by atoms with E-state index in [-0.39, 0.29) is 5.78 Å². The average molecular weight is 286 g/mol. The topological polar surface area (TPSA) is 26.3 Å². The molecule has 0 N–H and O–H groups in total. The smallest absolute Gasteiger partial charge is 0.236 e. The Hall–Kier alpha value is -3.05. The molecule has 22 heavy (non-hydrogen) atoms. The molecule has 0 aliphatic heterocycles. The van der Waals surface area contributed by atoms with Crippen LogP contribution in [0.3, 0.4) is 0 Å². The Morgan fingerprint density at radius 2 is 1.64 bits per heavy atom. The molecule has 0 amide bonds. The molecule has 0 spiro atoms. The summed E-state index contributed by atoms with van der Waals surface area (Å²) in [7, 11) is 1.61. The van der Waals surface area contributed by atoms with Crippen molar-refractivity contribution in [1.82, 2.24) is 0 Å².